The Balaban J connectivity index is 3.31. The number of carbonyl (C=O) groups excluding carboxylic acids is 2. The highest BCUT2D eigenvalue weighted by Crippen LogP contribution is 2.22. The molecule has 0 bridgehead atoms. The van der Waals surface area contributed by atoms with Gasteiger partial charge in [-0.2, -0.15) is 0 Å². The van der Waals surface area contributed by atoms with Crippen molar-refractivity contribution in [2.24, 2.45) is 0 Å². The van der Waals surface area contributed by atoms with Crippen LogP contribution in [0.15, 0.2) is 12.2 Å². The maximum Gasteiger partial charge on any atom is 0.305 e. The molecule has 0 aromatic carbocycles. The molecule has 0 saturated carbocycles. The maximum atomic E-state index is 12.6. The summed E-state index contributed by atoms with van der Waals surface area (Å²) < 4.78 is 5.53. The summed E-state index contributed by atoms with van der Waals surface area (Å²) in [5.74, 6) is 0.00530. The highest BCUT2D eigenvalue weighted by atomic mass is 16.5. The summed E-state index contributed by atoms with van der Waals surface area (Å²) in [4.78, 5) is 24.7. The molecule has 0 aromatic rings. The second-order valence-electron chi connectivity index (χ2n) is 32.4. The number of esters is 1. The molecule has 6 heteroatoms. The lowest BCUT2D eigenvalue weighted by atomic mass is 10.0. The molecule has 2 unspecified atom stereocenters. The Bertz CT molecular complexity index is 1520. The van der Waals surface area contributed by atoms with Crippen LogP contribution in [0.5, 0.6) is 0 Å². The van der Waals surface area contributed by atoms with Crippen molar-refractivity contribution in [2.45, 2.75) is 559 Å². The van der Waals surface area contributed by atoms with Gasteiger partial charge in [0.2, 0.25) is 5.91 Å². The van der Waals surface area contributed by atoms with Gasteiger partial charge in [0, 0.05) is 12.8 Å². The minimum atomic E-state index is -0.662. The van der Waals surface area contributed by atoms with Crippen molar-refractivity contribution < 1.29 is 24.5 Å². The number of nitrogens with one attached hydrogen (secondary N) is 1. The molecule has 1 amide bonds. The molecule has 2 atom stereocenters. The van der Waals surface area contributed by atoms with Crippen LogP contribution in [0.3, 0.4) is 0 Å². The fraction of sp³-hybridized carbons (Fsp3) is 0.957. The van der Waals surface area contributed by atoms with Crippen molar-refractivity contribution in [1.29, 1.82) is 0 Å². The molecule has 0 radical (unpaired) electrons. The van der Waals surface area contributed by atoms with Crippen LogP contribution in [0, 0.1) is 0 Å². The van der Waals surface area contributed by atoms with E-state index >= 15 is 0 Å². The topological polar surface area (TPSA) is 95.9 Å². The highest BCUT2D eigenvalue weighted by Gasteiger charge is 2.20. The summed E-state index contributed by atoms with van der Waals surface area (Å²) >= 11 is 0. The fourth-order valence-electron chi connectivity index (χ4n) is 15.3. The normalized spacial score (nSPS) is 12.4. The third kappa shape index (κ3) is 85.4. The molecule has 6 nitrogen and oxygen atoms in total. The van der Waals surface area contributed by atoms with Gasteiger partial charge < -0.3 is 20.3 Å². The van der Waals surface area contributed by atoms with Gasteiger partial charge in [-0.25, -0.2) is 0 Å². The van der Waals surface area contributed by atoms with Gasteiger partial charge in [-0.1, -0.05) is 495 Å². The SMILES string of the molecule is CCCCCCCCCCCCCCCCCCCCCCCCCCC(O)C(CO)NC(=O)CCCCCCCCCCCCCCCCCCC/C=C\CCCCCCCCCCCCCCCCCCCCOC(=O)CCCCCCCCCCCCCCCCCCCCC. The molecule has 0 spiro atoms. The van der Waals surface area contributed by atoms with Crippen LogP contribution in [0.25, 0.3) is 0 Å². The van der Waals surface area contributed by atoms with Crippen LogP contribution >= 0.6 is 0 Å². The third-order valence-corrected chi connectivity index (χ3v) is 22.3. The van der Waals surface area contributed by atoms with Gasteiger partial charge >= 0.3 is 5.97 Å². The number of amides is 1. The first-order valence-corrected chi connectivity index (χ1v) is 46.4. The van der Waals surface area contributed by atoms with E-state index in [4.69, 9.17) is 4.74 Å². The summed E-state index contributed by atoms with van der Waals surface area (Å²) in [6, 6.07) is -0.539. The molecule has 99 heavy (non-hydrogen) atoms. The number of aliphatic hydroxyl groups is 2. The molecule has 0 saturated heterocycles. The number of aliphatic hydroxyl groups excluding tert-OH is 2. The van der Waals surface area contributed by atoms with E-state index in [1.807, 2.05) is 0 Å². The molecular formula is C93H183NO5. The summed E-state index contributed by atoms with van der Waals surface area (Å²) in [5, 5.41) is 23.5. The van der Waals surface area contributed by atoms with Crippen LogP contribution in [-0.4, -0.2) is 47.4 Å². The maximum absolute atomic E-state index is 12.6. The molecule has 0 heterocycles. The molecule has 590 valence electrons. The van der Waals surface area contributed by atoms with Crippen molar-refractivity contribution >= 4 is 11.9 Å². The molecule has 0 rings (SSSR count). The Labute approximate surface area is 622 Å². The van der Waals surface area contributed by atoms with Crippen LogP contribution < -0.4 is 5.32 Å². The molecule has 3 N–H and O–H groups in total. The van der Waals surface area contributed by atoms with E-state index in [-0.39, 0.29) is 18.5 Å². The second-order valence-corrected chi connectivity index (χ2v) is 32.4. The number of carbonyl (C=O) groups is 2. The van der Waals surface area contributed by atoms with E-state index in [0.29, 0.717) is 25.9 Å². The predicted molar refractivity (Wildman–Crippen MR) is 440 cm³/mol. The molecule has 0 aromatic heterocycles. The summed E-state index contributed by atoms with van der Waals surface area (Å²) in [5.41, 5.74) is 0. The van der Waals surface area contributed by atoms with E-state index in [1.165, 1.54) is 475 Å². The van der Waals surface area contributed by atoms with Gasteiger partial charge in [-0.3, -0.25) is 9.59 Å². The Morgan fingerprint density at radius 2 is 0.475 bits per heavy atom. The zero-order chi connectivity index (χ0) is 71.2. The molecule has 0 aliphatic carbocycles. The van der Waals surface area contributed by atoms with Gasteiger partial charge in [0.25, 0.3) is 0 Å². The lowest BCUT2D eigenvalue weighted by Gasteiger charge is -2.22. The number of unbranched alkanes of at least 4 members (excludes halogenated alkanes) is 76. The average Bonchev–Trinajstić information content (AvgIpc) is 2.39. The molecule has 0 fully saturated rings. The predicted octanol–water partition coefficient (Wildman–Crippen LogP) is 31.3. The second kappa shape index (κ2) is 89.0. The first-order chi connectivity index (χ1) is 49.0. The first-order valence-electron chi connectivity index (χ1n) is 46.4. The monoisotopic (exact) mass is 1390 g/mol. The molecule has 0 aliphatic rings. The van der Waals surface area contributed by atoms with E-state index in [9.17, 15) is 19.8 Å². The number of hydrogen-bond acceptors (Lipinski definition) is 5. The van der Waals surface area contributed by atoms with Gasteiger partial charge in [-0.05, 0) is 51.4 Å². The first kappa shape index (κ1) is 97.6. The summed E-state index contributed by atoms with van der Waals surface area (Å²) in [6.45, 7) is 5.03. The Kier molecular flexibility index (Phi) is 87.7. The largest absolute Gasteiger partial charge is 0.466 e. The summed E-state index contributed by atoms with van der Waals surface area (Å²) in [6.07, 6.45) is 115. The van der Waals surface area contributed by atoms with Crippen LogP contribution in [0.1, 0.15) is 547 Å². The van der Waals surface area contributed by atoms with Crippen LogP contribution in [0.2, 0.25) is 0 Å². The molecule has 0 aliphatic heterocycles. The minimum Gasteiger partial charge on any atom is -0.466 e. The lowest BCUT2D eigenvalue weighted by molar-refractivity contribution is -0.143. The minimum absolute atomic E-state index is 0.0237. The van der Waals surface area contributed by atoms with Gasteiger partial charge in [0.05, 0.1) is 25.4 Å². The number of rotatable bonds is 89. The van der Waals surface area contributed by atoms with Gasteiger partial charge in [0.15, 0.2) is 0 Å². The average molecular weight is 1400 g/mol. The van der Waals surface area contributed by atoms with E-state index in [2.05, 4.69) is 31.3 Å². The third-order valence-electron chi connectivity index (χ3n) is 22.3. The number of ether oxygens (including phenoxy) is 1. The Morgan fingerprint density at radius 3 is 0.717 bits per heavy atom. The molecular weight excluding hydrogens is 1210 g/mol. The van der Waals surface area contributed by atoms with Crippen molar-refractivity contribution in [1.82, 2.24) is 5.32 Å². The van der Waals surface area contributed by atoms with E-state index < -0.39 is 12.1 Å². The lowest BCUT2D eigenvalue weighted by Crippen LogP contribution is -2.45. The summed E-state index contributed by atoms with van der Waals surface area (Å²) in [7, 11) is 0. The van der Waals surface area contributed by atoms with Crippen molar-refractivity contribution in [3.05, 3.63) is 12.2 Å². The quantitative estimate of drug-likeness (QED) is 0.0320. The Hall–Kier alpha value is -1.40. The van der Waals surface area contributed by atoms with Crippen molar-refractivity contribution in [3.8, 4) is 0 Å². The number of hydrogen-bond donors (Lipinski definition) is 3. The Morgan fingerprint density at radius 1 is 0.273 bits per heavy atom. The van der Waals surface area contributed by atoms with Crippen molar-refractivity contribution in [3.63, 3.8) is 0 Å². The van der Waals surface area contributed by atoms with Crippen molar-refractivity contribution in [2.75, 3.05) is 13.2 Å². The fourth-order valence-corrected chi connectivity index (χ4v) is 15.3. The number of allylic oxidation sites excluding steroid dienone is 2. The van der Waals surface area contributed by atoms with Gasteiger partial charge in [0.1, 0.15) is 0 Å². The zero-order valence-electron chi connectivity index (χ0n) is 68.0. The zero-order valence-corrected chi connectivity index (χ0v) is 68.0. The van der Waals surface area contributed by atoms with Crippen LogP contribution in [-0.2, 0) is 14.3 Å². The smallest absolute Gasteiger partial charge is 0.305 e. The standard InChI is InChI=1S/C93H183NO5/c1-3-5-7-9-11-13-15-17-19-21-23-24-25-43-46-50-53-57-61-65-69-73-77-81-85-91(96)90(89-95)94-92(97)86-82-78-74-70-66-62-58-54-51-47-44-41-39-37-35-33-31-29-27-26-28-30-32-34-36-38-40-42-45-48-52-56-60-64-68-72-76-80-84-88-99-93(98)87-83-79-75-71-67-63-59-55-49-22-20-18-16-14-12-10-8-6-4-2/h26-27,90-91,95-96H,3-25,28-89H2,1-2H3,(H,94,97)/b27-26-. The van der Waals surface area contributed by atoms with E-state index in [1.54, 1.807) is 0 Å². The van der Waals surface area contributed by atoms with Crippen LogP contribution in [0.4, 0.5) is 0 Å². The van der Waals surface area contributed by atoms with E-state index in [0.717, 1.165) is 38.5 Å². The van der Waals surface area contributed by atoms with Gasteiger partial charge in [-0.15, -0.1) is 0 Å². The highest BCUT2D eigenvalue weighted by molar-refractivity contribution is 5.76.